The summed E-state index contributed by atoms with van der Waals surface area (Å²) in [5.74, 6) is -2.50. The molecule has 0 heterocycles. The molecule has 0 aromatic heterocycles. The Morgan fingerprint density at radius 2 is 1.63 bits per heavy atom. The van der Waals surface area contributed by atoms with Gasteiger partial charge in [-0.2, -0.15) is 0 Å². The quantitative estimate of drug-likeness (QED) is 0.696. The molecule has 0 radical (unpaired) electrons. The zero-order valence-corrected chi connectivity index (χ0v) is 10.6. The molecule has 1 rings (SSSR count). The molecule has 0 bridgehead atoms. The van der Waals surface area contributed by atoms with E-state index in [0.29, 0.717) is 0 Å². The first kappa shape index (κ1) is 14.9. The maximum atomic E-state index is 13.4. The van der Waals surface area contributed by atoms with Gasteiger partial charge in [0.1, 0.15) is 17.3 Å². The van der Waals surface area contributed by atoms with Crippen molar-refractivity contribution in [2.24, 2.45) is 0 Å². The first-order chi connectivity index (χ1) is 8.95. The molecule has 0 aliphatic carbocycles. The second kappa shape index (κ2) is 6.67. The lowest BCUT2D eigenvalue weighted by atomic mass is 10.1. The number of benzene rings is 1. The Hall–Kier alpha value is -2.18. The lowest BCUT2D eigenvalue weighted by molar-refractivity contribution is -0.118. The van der Waals surface area contributed by atoms with Crippen LogP contribution in [0.2, 0.25) is 0 Å². The Balaban J connectivity index is 2.65. The molecule has 104 valence electrons. The summed E-state index contributed by atoms with van der Waals surface area (Å²) in [6.45, 7) is 1.78. The summed E-state index contributed by atoms with van der Waals surface area (Å²) in [5.41, 5.74) is -0.397. The molecule has 7 heteroatoms. The van der Waals surface area contributed by atoms with Gasteiger partial charge >= 0.3 is 0 Å². The Labute approximate surface area is 109 Å². The number of carbonyl (C=O) groups is 2. The van der Waals surface area contributed by atoms with Crippen LogP contribution >= 0.6 is 0 Å². The number of carbonyl (C=O) groups excluding carboxylic acids is 2. The van der Waals surface area contributed by atoms with Crippen LogP contribution < -0.4 is 16.0 Å². The van der Waals surface area contributed by atoms with Crippen molar-refractivity contribution in [2.45, 2.75) is 6.92 Å². The molecule has 2 amide bonds. The minimum absolute atomic E-state index is 0.114. The van der Waals surface area contributed by atoms with E-state index < -0.39 is 17.5 Å². The van der Waals surface area contributed by atoms with Crippen LogP contribution in [-0.4, -0.2) is 32.0 Å². The van der Waals surface area contributed by atoms with Gasteiger partial charge in [0.25, 0.3) is 5.91 Å². The Morgan fingerprint density at radius 3 is 2.11 bits per heavy atom. The number of rotatable bonds is 5. The van der Waals surface area contributed by atoms with Crippen LogP contribution in [0, 0.1) is 11.6 Å². The molecule has 0 aliphatic heterocycles. The zero-order valence-electron chi connectivity index (χ0n) is 10.6. The van der Waals surface area contributed by atoms with Crippen molar-refractivity contribution in [3.05, 3.63) is 29.3 Å². The van der Waals surface area contributed by atoms with Gasteiger partial charge in [-0.1, -0.05) is 0 Å². The van der Waals surface area contributed by atoms with Crippen LogP contribution in [0.15, 0.2) is 12.1 Å². The van der Waals surface area contributed by atoms with Crippen LogP contribution in [0.3, 0.4) is 0 Å². The van der Waals surface area contributed by atoms with Gasteiger partial charge in [-0.3, -0.25) is 9.59 Å². The van der Waals surface area contributed by atoms with Gasteiger partial charge in [0, 0.05) is 32.6 Å². The van der Waals surface area contributed by atoms with Crippen LogP contribution in [0.1, 0.15) is 17.3 Å². The van der Waals surface area contributed by atoms with Crippen LogP contribution in [0.4, 0.5) is 14.5 Å². The van der Waals surface area contributed by atoms with E-state index in [0.717, 1.165) is 12.1 Å². The number of hydrogen-bond acceptors (Lipinski definition) is 3. The molecule has 0 unspecified atom stereocenters. The van der Waals surface area contributed by atoms with Crippen molar-refractivity contribution in [1.82, 2.24) is 10.6 Å². The summed E-state index contributed by atoms with van der Waals surface area (Å²) in [7, 11) is 1.38. The lowest BCUT2D eigenvalue weighted by Gasteiger charge is -2.08. The summed E-state index contributed by atoms with van der Waals surface area (Å²) < 4.78 is 26.9. The van der Waals surface area contributed by atoms with Crippen LogP contribution in [0.25, 0.3) is 0 Å². The highest BCUT2D eigenvalue weighted by Crippen LogP contribution is 2.19. The molecule has 0 atom stereocenters. The highest BCUT2D eigenvalue weighted by Gasteiger charge is 2.13. The average molecular weight is 271 g/mol. The maximum absolute atomic E-state index is 13.4. The fraction of sp³-hybridized carbons (Fsp3) is 0.333. The lowest BCUT2D eigenvalue weighted by Crippen LogP contribution is -2.33. The van der Waals surface area contributed by atoms with Gasteiger partial charge in [-0.15, -0.1) is 0 Å². The van der Waals surface area contributed by atoms with Crippen molar-refractivity contribution >= 4 is 17.5 Å². The second-order valence-corrected chi connectivity index (χ2v) is 3.80. The van der Waals surface area contributed by atoms with Gasteiger partial charge in [0.2, 0.25) is 5.91 Å². The summed E-state index contributed by atoms with van der Waals surface area (Å²) in [4.78, 5) is 22.2. The van der Waals surface area contributed by atoms with Crippen molar-refractivity contribution in [1.29, 1.82) is 0 Å². The largest absolute Gasteiger partial charge is 0.383 e. The summed E-state index contributed by atoms with van der Waals surface area (Å²) in [5, 5.41) is 7.29. The molecule has 0 saturated heterocycles. The zero-order chi connectivity index (χ0) is 14.4. The molecule has 1 aromatic rings. The third-order valence-electron chi connectivity index (χ3n) is 2.34. The third-order valence-corrected chi connectivity index (χ3v) is 2.34. The van der Waals surface area contributed by atoms with Gasteiger partial charge in [0.05, 0.1) is 0 Å². The predicted octanol–water partition coefficient (Wildman–Crippen LogP) is 0.872. The monoisotopic (exact) mass is 271 g/mol. The molecular weight excluding hydrogens is 256 g/mol. The number of nitrogens with one attached hydrogen (secondary N) is 3. The summed E-state index contributed by atoms with van der Waals surface area (Å²) in [6.07, 6.45) is 0. The second-order valence-electron chi connectivity index (χ2n) is 3.80. The first-order valence-electron chi connectivity index (χ1n) is 5.65. The molecule has 1 aromatic carbocycles. The smallest absolute Gasteiger partial charge is 0.251 e. The van der Waals surface area contributed by atoms with Gasteiger partial charge in [0.15, 0.2) is 0 Å². The van der Waals surface area contributed by atoms with Gasteiger partial charge in [-0.05, 0) is 12.1 Å². The molecule has 5 nitrogen and oxygen atoms in total. The fourth-order valence-corrected chi connectivity index (χ4v) is 1.46. The van der Waals surface area contributed by atoms with Crippen LogP contribution in [-0.2, 0) is 4.79 Å². The highest BCUT2D eigenvalue weighted by molar-refractivity contribution is 5.94. The molecule has 0 fully saturated rings. The Kier molecular flexibility index (Phi) is 5.23. The van der Waals surface area contributed by atoms with E-state index in [1.54, 1.807) is 0 Å². The van der Waals surface area contributed by atoms with E-state index in [4.69, 9.17) is 0 Å². The van der Waals surface area contributed by atoms with E-state index in [-0.39, 0.29) is 30.2 Å². The van der Waals surface area contributed by atoms with E-state index in [9.17, 15) is 18.4 Å². The fourth-order valence-electron chi connectivity index (χ4n) is 1.46. The topological polar surface area (TPSA) is 70.2 Å². The minimum Gasteiger partial charge on any atom is -0.383 e. The number of halogens is 2. The molecule has 0 aliphatic rings. The molecule has 3 N–H and O–H groups in total. The molecule has 0 spiro atoms. The van der Waals surface area contributed by atoms with Crippen molar-refractivity contribution in [3.8, 4) is 0 Å². The molecule has 0 saturated carbocycles. The highest BCUT2D eigenvalue weighted by atomic mass is 19.1. The third kappa shape index (κ3) is 4.20. The number of amides is 2. The van der Waals surface area contributed by atoms with Gasteiger partial charge in [-0.25, -0.2) is 8.78 Å². The molecular formula is C12H15F2N3O2. The SMILES string of the molecule is CNc1c(F)cc(C(=O)NCCNC(C)=O)cc1F. The van der Waals surface area contributed by atoms with Crippen molar-refractivity contribution in [3.63, 3.8) is 0 Å². The van der Waals surface area contributed by atoms with Crippen molar-refractivity contribution < 1.29 is 18.4 Å². The Bertz CT molecular complexity index is 469. The summed E-state index contributed by atoms with van der Waals surface area (Å²) in [6, 6.07) is 1.89. The van der Waals surface area contributed by atoms with E-state index in [1.165, 1.54) is 14.0 Å². The minimum atomic E-state index is -0.838. The van der Waals surface area contributed by atoms with E-state index in [2.05, 4.69) is 16.0 Å². The van der Waals surface area contributed by atoms with Gasteiger partial charge < -0.3 is 16.0 Å². The summed E-state index contributed by atoms with van der Waals surface area (Å²) >= 11 is 0. The predicted molar refractivity (Wildman–Crippen MR) is 66.9 cm³/mol. The van der Waals surface area contributed by atoms with E-state index in [1.807, 2.05) is 0 Å². The standard InChI is InChI=1S/C12H15F2N3O2/c1-7(18)16-3-4-17-12(19)8-5-9(13)11(15-2)10(14)6-8/h5-6,15H,3-4H2,1-2H3,(H,16,18)(H,17,19). The van der Waals surface area contributed by atoms with E-state index >= 15 is 0 Å². The number of anilines is 1. The maximum Gasteiger partial charge on any atom is 0.251 e. The van der Waals surface area contributed by atoms with Crippen molar-refractivity contribution in [2.75, 3.05) is 25.5 Å². The number of hydrogen-bond donors (Lipinski definition) is 3. The first-order valence-corrected chi connectivity index (χ1v) is 5.65. The Morgan fingerprint density at radius 1 is 1.11 bits per heavy atom. The normalized spacial score (nSPS) is 9.89. The van der Waals surface area contributed by atoms with Crippen LogP contribution in [0.5, 0.6) is 0 Å². The molecule has 19 heavy (non-hydrogen) atoms. The average Bonchev–Trinajstić information content (AvgIpc) is 2.33.